The van der Waals surface area contributed by atoms with Crippen LogP contribution in [0.25, 0.3) is 0 Å². The van der Waals surface area contributed by atoms with Crippen molar-refractivity contribution in [1.29, 1.82) is 0 Å². The van der Waals surface area contributed by atoms with E-state index in [2.05, 4.69) is 5.32 Å². The molecule has 0 radical (unpaired) electrons. The maximum atomic E-state index is 11.9. The van der Waals surface area contributed by atoms with Crippen LogP contribution in [0, 0.1) is 0 Å². The molecule has 2 rings (SSSR count). The minimum Gasteiger partial charge on any atom is -0.488 e. The lowest BCUT2D eigenvalue weighted by atomic mass is 10.1. The highest BCUT2D eigenvalue weighted by molar-refractivity contribution is 5.97. The van der Waals surface area contributed by atoms with Gasteiger partial charge in [-0.15, -0.1) is 0 Å². The number of nitrogens with one attached hydrogen (secondary N) is 1. The Balaban J connectivity index is 1.91. The zero-order chi connectivity index (χ0) is 13.2. The Morgan fingerprint density at radius 2 is 1.89 bits per heavy atom. The van der Waals surface area contributed by atoms with E-state index in [1.165, 1.54) is 12.8 Å². The average Bonchev–Trinajstić information content (AvgIpc) is 3.08. The fourth-order valence-corrected chi connectivity index (χ4v) is 1.69. The number of rotatable bonds is 5. The van der Waals surface area contributed by atoms with Gasteiger partial charge in [0.25, 0.3) is 0 Å². The van der Waals surface area contributed by atoms with Gasteiger partial charge in [-0.3, -0.25) is 4.79 Å². The number of carbonyl (C=O) groups is 1. The number of Topliss-reactive ketones (excluding diaryl/α,β-unsaturated/α-hetero) is 1. The monoisotopic (exact) mass is 247 g/mol. The molecule has 0 aromatic heterocycles. The normalized spacial score (nSPS) is 15.5. The molecule has 0 amide bonds. The lowest BCUT2D eigenvalue weighted by molar-refractivity contribution is 0.0990. The van der Waals surface area contributed by atoms with Gasteiger partial charge in [0, 0.05) is 11.6 Å². The Kier molecular flexibility index (Phi) is 3.71. The van der Waals surface area contributed by atoms with E-state index in [4.69, 9.17) is 4.74 Å². The molecule has 18 heavy (non-hydrogen) atoms. The summed E-state index contributed by atoms with van der Waals surface area (Å²) in [6.07, 6.45) is 2.40. The fourth-order valence-electron chi connectivity index (χ4n) is 1.69. The van der Waals surface area contributed by atoms with Gasteiger partial charge in [-0.2, -0.15) is 0 Å². The van der Waals surface area contributed by atoms with Crippen molar-refractivity contribution in [3.63, 3.8) is 0 Å². The van der Waals surface area contributed by atoms with E-state index in [1.54, 1.807) is 0 Å². The van der Waals surface area contributed by atoms with E-state index < -0.39 is 0 Å². The first kappa shape index (κ1) is 13.1. The highest BCUT2D eigenvalue weighted by Crippen LogP contribution is 2.20. The van der Waals surface area contributed by atoms with Gasteiger partial charge >= 0.3 is 0 Å². The van der Waals surface area contributed by atoms with E-state index in [9.17, 15) is 4.79 Å². The van der Waals surface area contributed by atoms with Crippen LogP contribution >= 0.6 is 0 Å². The second kappa shape index (κ2) is 5.11. The SMILES string of the molecule is CC(C)(C)Oc1ccc(C(=O)CNC2CC2)cc1. The van der Waals surface area contributed by atoms with Gasteiger partial charge in [0.05, 0.1) is 6.54 Å². The van der Waals surface area contributed by atoms with Gasteiger partial charge in [0.2, 0.25) is 0 Å². The summed E-state index contributed by atoms with van der Waals surface area (Å²) in [7, 11) is 0. The molecule has 0 aliphatic heterocycles. The summed E-state index contributed by atoms with van der Waals surface area (Å²) in [5, 5.41) is 3.23. The molecule has 0 atom stereocenters. The molecule has 3 heteroatoms. The van der Waals surface area contributed by atoms with Crippen molar-refractivity contribution in [3.05, 3.63) is 29.8 Å². The number of ether oxygens (including phenoxy) is 1. The van der Waals surface area contributed by atoms with Crippen molar-refractivity contribution in [2.24, 2.45) is 0 Å². The van der Waals surface area contributed by atoms with E-state index in [0.29, 0.717) is 12.6 Å². The predicted octanol–water partition coefficient (Wildman–Crippen LogP) is 2.80. The van der Waals surface area contributed by atoms with Gasteiger partial charge in [-0.25, -0.2) is 0 Å². The Bertz CT molecular complexity index is 413. The minimum atomic E-state index is -0.209. The maximum Gasteiger partial charge on any atom is 0.176 e. The van der Waals surface area contributed by atoms with Crippen LogP contribution in [-0.4, -0.2) is 24.0 Å². The van der Waals surface area contributed by atoms with Crippen molar-refractivity contribution in [2.75, 3.05) is 6.54 Å². The number of hydrogen-bond donors (Lipinski definition) is 1. The molecular formula is C15H21NO2. The third-order valence-corrected chi connectivity index (χ3v) is 2.73. The predicted molar refractivity (Wildman–Crippen MR) is 72.2 cm³/mol. The third kappa shape index (κ3) is 4.15. The molecule has 1 aliphatic carbocycles. The topological polar surface area (TPSA) is 38.3 Å². The molecular weight excluding hydrogens is 226 g/mol. The van der Waals surface area contributed by atoms with Gasteiger partial charge in [-0.1, -0.05) is 0 Å². The van der Waals surface area contributed by atoms with Gasteiger partial charge < -0.3 is 10.1 Å². The summed E-state index contributed by atoms with van der Waals surface area (Å²) in [6, 6.07) is 7.94. The van der Waals surface area contributed by atoms with Crippen LogP contribution < -0.4 is 10.1 Å². The molecule has 1 aliphatic rings. The highest BCUT2D eigenvalue weighted by Gasteiger charge is 2.21. The van der Waals surface area contributed by atoms with Gasteiger partial charge in [-0.05, 0) is 57.9 Å². The molecule has 1 saturated carbocycles. The molecule has 0 spiro atoms. The molecule has 3 nitrogen and oxygen atoms in total. The number of benzene rings is 1. The summed E-state index contributed by atoms with van der Waals surface area (Å²) >= 11 is 0. The number of ketones is 1. The van der Waals surface area contributed by atoms with Crippen molar-refractivity contribution in [2.45, 2.75) is 45.3 Å². The summed E-state index contributed by atoms with van der Waals surface area (Å²) in [5.74, 6) is 0.943. The smallest absolute Gasteiger partial charge is 0.176 e. The lowest BCUT2D eigenvalue weighted by Gasteiger charge is -2.21. The average molecular weight is 247 g/mol. The first-order valence-electron chi connectivity index (χ1n) is 6.50. The standard InChI is InChI=1S/C15H21NO2/c1-15(2,3)18-13-8-4-11(5-9-13)14(17)10-16-12-6-7-12/h4-5,8-9,12,16H,6-7,10H2,1-3H3. The first-order valence-corrected chi connectivity index (χ1v) is 6.50. The third-order valence-electron chi connectivity index (χ3n) is 2.73. The molecule has 98 valence electrons. The Morgan fingerprint density at radius 1 is 1.28 bits per heavy atom. The van der Waals surface area contributed by atoms with Crippen LogP contribution in [0.5, 0.6) is 5.75 Å². The Morgan fingerprint density at radius 3 is 2.39 bits per heavy atom. The molecule has 1 aromatic carbocycles. The number of carbonyl (C=O) groups excluding carboxylic acids is 1. The van der Waals surface area contributed by atoms with E-state index >= 15 is 0 Å². The lowest BCUT2D eigenvalue weighted by Crippen LogP contribution is -2.25. The van der Waals surface area contributed by atoms with Crippen LogP contribution in [0.2, 0.25) is 0 Å². The second-order valence-electron chi connectivity index (χ2n) is 5.82. The van der Waals surface area contributed by atoms with E-state index in [1.807, 2.05) is 45.0 Å². The zero-order valence-corrected chi connectivity index (χ0v) is 11.3. The Labute approximate surface area is 109 Å². The summed E-state index contributed by atoms with van der Waals surface area (Å²) in [5.41, 5.74) is 0.531. The van der Waals surface area contributed by atoms with E-state index in [-0.39, 0.29) is 11.4 Å². The number of hydrogen-bond acceptors (Lipinski definition) is 3. The fraction of sp³-hybridized carbons (Fsp3) is 0.533. The van der Waals surface area contributed by atoms with Crippen LogP contribution in [0.1, 0.15) is 44.0 Å². The largest absolute Gasteiger partial charge is 0.488 e. The minimum absolute atomic E-state index is 0.143. The second-order valence-corrected chi connectivity index (χ2v) is 5.82. The van der Waals surface area contributed by atoms with Crippen molar-refractivity contribution in [3.8, 4) is 5.75 Å². The quantitative estimate of drug-likeness (QED) is 0.813. The molecule has 0 bridgehead atoms. The maximum absolute atomic E-state index is 11.9. The Hall–Kier alpha value is -1.35. The van der Waals surface area contributed by atoms with Crippen LogP contribution in [0.15, 0.2) is 24.3 Å². The van der Waals surface area contributed by atoms with Crippen LogP contribution in [0.3, 0.4) is 0 Å². The molecule has 0 unspecified atom stereocenters. The molecule has 0 heterocycles. The van der Waals surface area contributed by atoms with E-state index in [0.717, 1.165) is 11.3 Å². The summed E-state index contributed by atoms with van der Waals surface area (Å²) < 4.78 is 5.72. The molecule has 1 aromatic rings. The van der Waals surface area contributed by atoms with Gasteiger partial charge in [0.15, 0.2) is 5.78 Å². The first-order chi connectivity index (χ1) is 8.44. The zero-order valence-electron chi connectivity index (χ0n) is 11.3. The summed E-state index contributed by atoms with van der Waals surface area (Å²) in [6.45, 7) is 6.45. The summed E-state index contributed by atoms with van der Waals surface area (Å²) in [4.78, 5) is 11.9. The van der Waals surface area contributed by atoms with Crippen LogP contribution in [-0.2, 0) is 0 Å². The van der Waals surface area contributed by atoms with Crippen LogP contribution in [0.4, 0.5) is 0 Å². The van der Waals surface area contributed by atoms with Gasteiger partial charge in [0.1, 0.15) is 11.4 Å². The highest BCUT2D eigenvalue weighted by atomic mass is 16.5. The van der Waals surface area contributed by atoms with Crippen molar-refractivity contribution >= 4 is 5.78 Å². The van der Waals surface area contributed by atoms with Crippen molar-refractivity contribution in [1.82, 2.24) is 5.32 Å². The van der Waals surface area contributed by atoms with Crippen molar-refractivity contribution < 1.29 is 9.53 Å². The molecule has 1 fully saturated rings. The molecule has 0 saturated heterocycles. The molecule has 1 N–H and O–H groups in total.